The Morgan fingerprint density at radius 1 is 1.33 bits per heavy atom. The molecule has 5 nitrogen and oxygen atoms in total. The highest BCUT2D eigenvalue weighted by atomic mass is 32.2. The molecule has 0 aliphatic heterocycles. The lowest BCUT2D eigenvalue weighted by molar-refractivity contribution is 0.213. The van der Waals surface area contributed by atoms with Gasteiger partial charge in [-0.15, -0.1) is 0 Å². The average molecular weight is 238 g/mol. The second kappa shape index (κ2) is 5.25. The van der Waals surface area contributed by atoms with Gasteiger partial charge in [-0.1, -0.05) is 20.8 Å². The summed E-state index contributed by atoms with van der Waals surface area (Å²) < 4.78 is 26.9. The first kappa shape index (κ1) is 14.8. The normalized spacial score (nSPS) is 15.7. The van der Waals surface area contributed by atoms with Crippen LogP contribution in [0.2, 0.25) is 0 Å². The van der Waals surface area contributed by atoms with E-state index in [2.05, 4.69) is 4.72 Å². The molecule has 6 heteroatoms. The van der Waals surface area contributed by atoms with Gasteiger partial charge in [0.25, 0.3) is 10.2 Å². The van der Waals surface area contributed by atoms with E-state index >= 15 is 0 Å². The van der Waals surface area contributed by atoms with Crippen LogP contribution in [0, 0.1) is 5.41 Å². The topological polar surface area (TPSA) is 69.6 Å². The highest BCUT2D eigenvalue weighted by molar-refractivity contribution is 7.87. The summed E-state index contributed by atoms with van der Waals surface area (Å²) in [6, 6.07) is -0.269. The summed E-state index contributed by atoms with van der Waals surface area (Å²) in [5, 5.41) is 8.89. The first-order valence-electron chi connectivity index (χ1n) is 4.92. The van der Waals surface area contributed by atoms with Gasteiger partial charge in [-0.3, -0.25) is 0 Å². The molecule has 0 aliphatic rings. The van der Waals surface area contributed by atoms with Crippen LogP contribution in [0.1, 0.15) is 27.2 Å². The van der Waals surface area contributed by atoms with Gasteiger partial charge in [0.2, 0.25) is 0 Å². The number of nitrogens with zero attached hydrogens (tertiary/aromatic N) is 1. The molecular weight excluding hydrogens is 216 g/mol. The van der Waals surface area contributed by atoms with Crippen molar-refractivity contribution in [3.8, 4) is 0 Å². The molecule has 92 valence electrons. The molecule has 0 aromatic rings. The van der Waals surface area contributed by atoms with Crippen LogP contribution in [0.4, 0.5) is 0 Å². The maximum Gasteiger partial charge on any atom is 0.279 e. The van der Waals surface area contributed by atoms with E-state index in [4.69, 9.17) is 5.11 Å². The molecule has 2 N–H and O–H groups in total. The number of aliphatic hydroxyl groups is 1. The molecule has 0 saturated carbocycles. The Morgan fingerprint density at radius 2 is 1.80 bits per heavy atom. The van der Waals surface area contributed by atoms with Crippen molar-refractivity contribution in [2.24, 2.45) is 5.41 Å². The quantitative estimate of drug-likeness (QED) is 0.718. The van der Waals surface area contributed by atoms with Crippen LogP contribution >= 0.6 is 0 Å². The predicted octanol–water partition coefficient (Wildman–Crippen LogP) is 0.179. The third-order valence-corrected chi connectivity index (χ3v) is 3.78. The zero-order valence-corrected chi connectivity index (χ0v) is 10.9. The molecule has 0 radical (unpaired) electrons. The van der Waals surface area contributed by atoms with E-state index in [1.165, 1.54) is 14.1 Å². The number of hydrogen-bond acceptors (Lipinski definition) is 3. The minimum atomic E-state index is -3.43. The number of hydrogen-bond donors (Lipinski definition) is 2. The lowest BCUT2D eigenvalue weighted by Crippen LogP contribution is -2.48. The van der Waals surface area contributed by atoms with E-state index in [1.807, 2.05) is 20.8 Å². The number of aliphatic hydroxyl groups excluding tert-OH is 1. The minimum Gasteiger partial charge on any atom is -0.396 e. The van der Waals surface area contributed by atoms with Crippen LogP contribution < -0.4 is 4.72 Å². The Labute approximate surface area is 92.7 Å². The summed E-state index contributed by atoms with van der Waals surface area (Å²) in [7, 11) is -0.484. The van der Waals surface area contributed by atoms with Gasteiger partial charge in [0.1, 0.15) is 0 Å². The summed E-state index contributed by atoms with van der Waals surface area (Å²) in [6.45, 7) is 5.78. The summed E-state index contributed by atoms with van der Waals surface area (Å²) in [6.07, 6.45) is 0.413. The molecule has 0 heterocycles. The van der Waals surface area contributed by atoms with Crippen molar-refractivity contribution in [2.45, 2.75) is 33.2 Å². The van der Waals surface area contributed by atoms with E-state index in [9.17, 15) is 8.42 Å². The highest BCUT2D eigenvalue weighted by Crippen LogP contribution is 2.22. The second-order valence-electron chi connectivity index (χ2n) is 4.84. The fraction of sp³-hybridized carbons (Fsp3) is 1.00. The molecule has 0 rings (SSSR count). The molecule has 0 saturated heterocycles. The molecule has 0 spiro atoms. The van der Waals surface area contributed by atoms with Crippen molar-refractivity contribution in [3.05, 3.63) is 0 Å². The fourth-order valence-corrected chi connectivity index (χ4v) is 2.12. The van der Waals surface area contributed by atoms with E-state index in [0.717, 1.165) is 4.31 Å². The van der Waals surface area contributed by atoms with Crippen LogP contribution in [-0.4, -0.2) is 44.6 Å². The standard InChI is InChI=1S/C9H22N2O3S/c1-9(2,3)8(6-7-12)10-15(13,14)11(4)5/h8,10,12H,6-7H2,1-5H3. The zero-order chi connectivity index (χ0) is 12.3. The third-order valence-electron chi connectivity index (χ3n) is 2.24. The molecule has 0 aromatic carbocycles. The third kappa shape index (κ3) is 4.92. The Balaban J connectivity index is 4.71. The van der Waals surface area contributed by atoms with E-state index < -0.39 is 10.2 Å². The van der Waals surface area contributed by atoms with Crippen molar-refractivity contribution < 1.29 is 13.5 Å². The van der Waals surface area contributed by atoms with Crippen LogP contribution in [0.3, 0.4) is 0 Å². The van der Waals surface area contributed by atoms with Crippen molar-refractivity contribution in [1.29, 1.82) is 0 Å². The lowest BCUT2D eigenvalue weighted by atomic mass is 9.86. The second-order valence-corrected chi connectivity index (χ2v) is 6.75. The van der Waals surface area contributed by atoms with Gasteiger partial charge in [-0.2, -0.15) is 17.4 Å². The van der Waals surface area contributed by atoms with Crippen molar-refractivity contribution >= 4 is 10.2 Å². The Kier molecular flexibility index (Phi) is 5.19. The predicted molar refractivity (Wildman–Crippen MR) is 60.7 cm³/mol. The number of rotatable bonds is 5. The number of nitrogens with one attached hydrogen (secondary N) is 1. The van der Waals surface area contributed by atoms with Crippen LogP contribution in [0.15, 0.2) is 0 Å². The summed E-state index contributed by atoms with van der Waals surface area (Å²) in [5.74, 6) is 0. The molecule has 1 atom stereocenters. The van der Waals surface area contributed by atoms with Crippen molar-refractivity contribution in [2.75, 3.05) is 20.7 Å². The Hall–Kier alpha value is -0.170. The van der Waals surface area contributed by atoms with E-state index in [-0.39, 0.29) is 18.1 Å². The van der Waals surface area contributed by atoms with Crippen LogP contribution in [0.25, 0.3) is 0 Å². The van der Waals surface area contributed by atoms with Crippen LogP contribution in [-0.2, 0) is 10.2 Å². The fourth-order valence-electron chi connectivity index (χ4n) is 1.08. The molecule has 0 bridgehead atoms. The van der Waals surface area contributed by atoms with E-state index in [1.54, 1.807) is 0 Å². The molecule has 1 unspecified atom stereocenters. The first-order valence-corrected chi connectivity index (χ1v) is 6.36. The molecule has 0 aromatic heterocycles. The Bertz CT molecular complexity index is 280. The molecule has 0 fully saturated rings. The Morgan fingerprint density at radius 3 is 2.07 bits per heavy atom. The maximum atomic E-state index is 11.6. The van der Waals surface area contributed by atoms with Gasteiger partial charge >= 0.3 is 0 Å². The summed E-state index contributed by atoms with van der Waals surface area (Å²) in [5.41, 5.74) is -0.216. The monoisotopic (exact) mass is 238 g/mol. The van der Waals surface area contributed by atoms with Crippen molar-refractivity contribution in [1.82, 2.24) is 9.03 Å². The maximum absolute atomic E-state index is 11.6. The van der Waals surface area contributed by atoms with Gasteiger partial charge in [0, 0.05) is 26.7 Å². The van der Waals surface area contributed by atoms with Crippen LogP contribution in [0.5, 0.6) is 0 Å². The molecular formula is C9H22N2O3S. The van der Waals surface area contributed by atoms with Crippen molar-refractivity contribution in [3.63, 3.8) is 0 Å². The smallest absolute Gasteiger partial charge is 0.279 e. The molecule has 0 amide bonds. The van der Waals surface area contributed by atoms with Gasteiger partial charge in [-0.25, -0.2) is 0 Å². The van der Waals surface area contributed by atoms with Gasteiger partial charge in [-0.05, 0) is 11.8 Å². The highest BCUT2D eigenvalue weighted by Gasteiger charge is 2.29. The van der Waals surface area contributed by atoms with Gasteiger partial charge in [0.05, 0.1) is 0 Å². The zero-order valence-electron chi connectivity index (χ0n) is 10.1. The summed E-state index contributed by atoms with van der Waals surface area (Å²) >= 11 is 0. The molecule has 15 heavy (non-hydrogen) atoms. The van der Waals surface area contributed by atoms with Gasteiger partial charge in [0.15, 0.2) is 0 Å². The SMILES string of the molecule is CN(C)S(=O)(=O)NC(CCO)C(C)(C)C. The average Bonchev–Trinajstić information content (AvgIpc) is 2.01. The first-order chi connectivity index (χ1) is 6.61. The minimum absolute atomic E-state index is 0.0299. The largest absolute Gasteiger partial charge is 0.396 e. The lowest BCUT2D eigenvalue weighted by Gasteiger charge is -2.31. The summed E-state index contributed by atoms with van der Waals surface area (Å²) in [4.78, 5) is 0. The molecule has 0 aliphatic carbocycles. The van der Waals surface area contributed by atoms with E-state index in [0.29, 0.717) is 6.42 Å². The van der Waals surface area contributed by atoms with Gasteiger partial charge < -0.3 is 5.11 Å².